The molecule has 1 aromatic carbocycles. The molecule has 2 N–H and O–H groups in total. The van der Waals surface area contributed by atoms with Crippen molar-refractivity contribution in [2.75, 3.05) is 6.61 Å². The number of nitrogens with zero attached hydrogens (tertiary/aromatic N) is 1. The molecule has 7 heteroatoms. The second kappa shape index (κ2) is 5.75. The molecule has 0 saturated carbocycles. The molecule has 0 amide bonds. The number of ether oxygens (including phenoxy) is 1. The van der Waals surface area contributed by atoms with E-state index in [9.17, 15) is 19.1 Å². The van der Waals surface area contributed by atoms with Gasteiger partial charge in [0.2, 0.25) is 0 Å². The monoisotopic (exact) mass is 320 g/mol. The van der Waals surface area contributed by atoms with Crippen molar-refractivity contribution in [3.63, 3.8) is 0 Å². The summed E-state index contributed by atoms with van der Waals surface area (Å²) in [5, 5.41) is 9.81. The summed E-state index contributed by atoms with van der Waals surface area (Å²) in [6.07, 6.45) is 1.81. The lowest BCUT2D eigenvalue weighted by Gasteiger charge is -2.28. The SMILES string of the molecule is Cc1cn([C@H]2CC[C@](CO)(c3ccc(F)cc3)O2)c(=O)[nH]c1=O. The first-order chi connectivity index (χ1) is 10.9. The molecule has 3 rings (SSSR count). The van der Waals surface area contributed by atoms with E-state index in [1.807, 2.05) is 0 Å². The van der Waals surface area contributed by atoms with E-state index in [2.05, 4.69) is 4.98 Å². The zero-order chi connectivity index (χ0) is 16.6. The van der Waals surface area contributed by atoms with Gasteiger partial charge in [0, 0.05) is 11.8 Å². The summed E-state index contributed by atoms with van der Waals surface area (Å²) in [7, 11) is 0. The Bertz CT molecular complexity index is 827. The number of aliphatic hydroxyl groups is 1. The standard InChI is InChI=1S/C16H17FN2O4/c1-10-8-19(15(22)18-14(10)21)13-6-7-16(9-20,23-13)11-2-4-12(17)5-3-11/h2-5,8,13,20H,6-7,9H2,1H3,(H,18,21,22)/t13-,16+/m1/s1. The third-order valence-electron chi connectivity index (χ3n) is 4.24. The minimum atomic E-state index is -0.984. The molecular formula is C16H17FN2O4. The van der Waals surface area contributed by atoms with Crippen LogP contribution in [0.2, 0.25) is 0 Å². The Labute approximate surface area is 131 Å². The van der Waals surface area contributed by atoms with E-state index in [-0.39, 0.29) is 12.4 Å². The molecule has 1 aliphatic rings. The topological polar surface area (TPSA) is 84.3 Å². The lowest BCUT2D eigenvalue weighted by molar-refractivity contribution is -0.104. The quantitative estimate of drug-likeness (QED) is 0.889. The first-order valence-electron chi connectivity index (χ1n) is 7.32. The first kappa shape index (κ1) is 15.6. The van der Waals surface area contributed by atoms with Crippen LogP contribution >= 0.6 is 0 Å². The zero-order valence-electron chi connectivity index (χ0n) is 12.6. The van der Waals surface area contributed by atoms with Crippen molar-refractivity contribution in [2.45, 2.75) is 31.6 Å². The maximum atomic E-state index is 13.1. The average Bonchev–Trinajstić information content (AvgIpc) is 2.97. The third kappa shape index (κ3) is 2.73. The molecular weight excluding hydrogens is 303 g/mol. The number of rotatable bonds is 3. The normalized spacial score (nSPS) is 24.0. The summed E-state index contributed by atoms with van der Waals surface area (Å²) in [5.41, 5.74) is -0.925. The van der Waals surface area contributed by atoms with E-state index < -0.39 is 23.1 Å². The second-order valence-corrected chi connectivity index (χ2v) is 5.75. The van der Waals surface area contributed by atoms with Crippen LogP contribution in [0.1, 0.15) is 30.2 Å². The summed E-state index contributed by atoms with van der Waals surface area (Å²) in [6, 6.07) is 5.74. The molecule has 0 radical (unpaired) electrons. The van der Waals surface area contributed by atoms with Crippen molar-refractivity contribution in [2.24, 2.45) is 0 Å². The van der Waals surface area contributed by atoms with Crippen LogP contribution in [-0.2, 0) is 10.3 Å². The third-order valence-corrected chi connectivity index (χ3v) is 4.24. The van der Waals surface area contributed by atoms with Crippen LogP contribution in [0.15, 0.2) is 40.1 Å². The molecule has 0 spiro atoms. The number of halogens is 1. The highest BCUT2D eigenvalue weighted by Gasteiger charge is 2.42. The zero-order valence-corrected chi connectivity index (χ0v) is 12.6. The summed E-state index contributed by atoms with van der Waals surface area (Å²) >= 11 is 0. The lowest BCUT2D eigenvalue weighted by atomic mass is 9.92. The Morgan fingerprint density at radius 2 is 2.09 bits per heavy atom. The van der Waals surface area contributed by atoms with Gasteiger partial charge in [0.25, 0.3) is 5.56 Å². The van der Waals surface area contributed by atoms with Gasteiger partial charge in [-0.3, -0.25) is 14.3 Å². The molecule has 1 aliphatic heterocycles. The molecule has 122 valence electrons. The molecule has 0 bridgehead atoms. The van der Waals surface area contributed by atoms with E-state index in [0.717, 1.165) is 0 Å². The highest BCUT2D eigenvalue weighted by atomic mass is 19.1. The van der Waals surface area contributed by atoms with Crippen LogP contribution in [0.25, 0.3) is 0 Å². The number of hydrogen-bond acceptors (Lipinski definition) is 4. The largest absolute Gasteiger partial charge is 0.393 e. The Morgan fingerprint density at radius 3 is 2.74 bits per heavy atom. The lowest BCUT2D eigenvalue weighted by Crippen LogP contribution is -2.35. The smallest absolute Gasteiger partial charge is 0.330 e. The highest BCUT2D eigenvalue weighted by molar-refractivity contribution is 5.24. The van der Waals surface area contributed by atoms with Crippen molar-refractivity contribution in [1.29, 1.82) is 0 Å². The summed E-state index contributed by atoms with van der Waals surface area (Å²) in [5.74, 6) is -0.371. The van der Waals surface area contributed by atoms with Gasteiger partial charge in [-0.25, -0.2) is 9.18 Å². The Hall–Kier alpha value is -2.25. The summed E-state index contributed by atoms with van der Waals surface area (Å²) < 4.78 is 20.4. The average molecular weight is 320 g/mol. The minimum absolute atomic E-state index is 0.285. The Morgan fingerprint density at radius 1 is 1.39 bits per heavy atom. The van der Waals surface area contributed by atoms with Gasteiger partial charge in [0.15, 0.2) is 0 Å². The maximum absolute atomic E-state index is 13.1. The van der Waals surface area contributed by atoms with Crippen molar-refractivity contribution < 1.29 is 14.2 Å². The number of aryl methyl sites for hydroxylation is 1. The van der Waals surface area contributed by atoms with Gasteiger partial charge >= 0.3 is 5.69 Å². The van der Waals surface area contributed by atoms with Crippen molar-refractivity contribution in [3.8, 4) is 0 Å². The highest BCUT2D eigenvalue weighted by Crippen LogP contribution is 2.42. The van der Waals surface area contributed by atoms with Crippen LogP contribution in [0.4, 0.5) is 4.39 Å². The molecule has 2 atom stereocenters. The number of aromatic amines is 1. The molecule has 0 unspecified atom stereocenters. The first-order valence-corrected chi connectivity index (χ1v) is 7.32. The number of aromatic nitrogens is 2. The number of hydrogen-bond donors (Lipinski definition) is 2. The van der Waals surface area contributed by atoms with Gasteiger partial charge in [0.1, 0.15) is 17.6 Å². The van der Waals surface area contributed by atoms with Crippen molar-refractivity contribution >= 4 is 0 Å². The van der Waals surface area contributed by atoms with Crippen LogP contribution in [0.3, 0.4) is 0 Å². The van der Waals surface area contributed by atoms with Crippen LogP contribution < -0.4 is 11.2 Å². The molecule has 6 nitrogen and oxygen atoms in total. The van der Waals surface area contributed by atoms with Gasteiger partial charge in [-0.1, -0.05) is 12.1 Å². The fourth-order valence-electron chi connectivity index (χ4n) is 2.90. The Balaban J connectivity index is 1.95. The van der Waals surface area contributed by atoms with Gasteiger partial charge in [-0.15, -0.1) is 0 Å². The molecule has 2 heterocycles. The van der Waals surface area contributed by atoms with Gasteiger partial charge in [-0.2, -0.15) is 0 Å². The van der Waals surface area contributed by atoms with Gasteiger partial charge in [0.05, 0.1) is 6.61 Å². The van der Waals surface area contributed by atoms with E-state index in [1.165, 1.54) is 22.9 Å². The number of aliphatic hydroxyl groups excluding tert-OH is 1. The predicted molar refractivity (Wildman–Crippen MR) is 80.6 cm³/mol. The van der Waals surface area contributed by atoms with Crippen LogP contribution in [0.5, 0.6) is 0 Å². The minimum Gasteiger partial charge on any atom is -0.393 e. The second-order valence-electron chi connectivity index (χ2n) is 5.75. The number of nitrogens with one attached hydrogen (secondary N) is 1. The van der Waals surface area contributed by atoms with E-state index >= 15 is 0 Å². The molecule has 1 saturated heterocycles. The summed E-state index contributed by atoms with van der Waals surface area (Å²) in [6.45, 7) is 1.31. The molecule has 23 heavy (non-hydrogen) atoms. The number of benzene rings is 1. The Kier molecular flexibility index (Phi) is 3.91. The van der Waals surface area contributed by atoms with E-state index in [4.69, 9.17) is 4.74 Å². The van der Waals surface area contributed by atoms with Crippen LogP contribution in [0, 0.1) is 12.7 Å². The fraction of sp³-hybridized carbons (Fsp3) is 0.375. The summed E-state index contributed by atoms with van der Waals surface area (Å²) in [4.78, 5) is 25.7. The number of H-pyrrole nitrogens is 1. The molecule has 2 aromatic rings. The maximum Gasteiger partial charge on any atom is 0.330 e. The van der Waals surface area contributed by atoms with Crippen molar-refractivity contribution in [3.05, 3.63) is 68.2 Å². The predicted octanol–water partition coefficient (Wildman–Crippen LogP) is 1.18. The molecule has 0 aliphatic carbocycles. The fourth-order valence-corrected chi connectivity index (χ4v) is 2.90. The van der Waals surface area contributed by atoms with E-state index in [1.54, 1.807) is 19.1 Å². The van der Waals surface area contributed by atoms with Crippen molar-refractivity contribution in [1.82, 2.24) is 9.55 Å². The van der Waals surface area contributed by atoms with E-state index in [0.29, 0.717) is 24.0 Å². The van der Waals surface area contributed by atoms with Gasteiger partial charge in [-0.05, 0) is 37.5 Å². The van der Waals surface area contributed by atoms with Crippen LogP contribution in [-0.4, -0.2) is 21.3 Å². The molecule has 1 aromatic heterocycles. The molecule has 1 fully saturated rings. The van der Waals surface area contributed by atoms with Gasteiger partial charge < -0.3 is 9.84 Å².